The van der Waals surface area contributed by atoms with E-state index < -0.39 is 0 Å². The first-order chi connectivity index (χ1) is 8.24. The number of benzene rings is 2. The Labute approximate surface area is 96.6 Å². The van der Waals surface area contributed by atoms with Gasteiger partial charge in [-0.1, -0.05) is 17.3 Å². The maximum Gasteiger partial charge on any atom is 0.174 e. The Kier molecular flexibility index (Phi) is 2.08. The molecule has 0 aliphatic heterocycles. The molecule has 0 amide bonds. The van der Waals surface area contributed by atoms with Crippen LogP contribution in [0.2, 0.25) is 0 Å². The molecule has 0 aliphatic carbocycles. The third kappa shape index (κ3) is 1.63. The fourth-order valence-corrected chi connectivity index (χ4v) is 1.80. The monoisotopic (exact) mass is 228 g/mol. The maximum atomic E-state index is 13.2. The second-order valence-electron chi connectivity index (χ2n) is 3.80. The zero-order valence-corrected chi connectivity index (χ0v) is 8.85. The van der Waals surface area contributed by atoms with Gasteiger partial charge in [0.1, 0.15) is 11.3 Å². The van der Waals surface area contributed by atoms with Crippen LogP contribution in [0, 0.1) is 5.82 Å². The lowest BCUT2D eigenvalue weighted by molar-refractivity contribution is 0.441. The van der Waals surface area contributed by atoms with Crippen molar-refractivity contribution in [3.05, 3.63) is 48.3 Å². The van der Waals surface area contributed by atoms with Gasteiger partial charge in [0.05, 0.1) is 5.39 Å². The number of hydrogen-bond donors (Lipinski definition) is 1. The minimum atomic E-state index is -0.314. The standard InChI is InChI=1S/C13H9FN2O/c14-9-4-5-12-11(7-9)13(17-16-12)8-2-1-3-10(15)6-8/h1-7H,15H2. The van der Waals surface area contributed by atoms with Gasteiger partial charge in [-0.15, -0.1) is 0 Å². The van der Waals surface area contributed by atoms with Crippen molar-refractivity contribution in [1.82, 2.24) is 5.16 Å². The number of fused-ring (bicyclic) bond motifs is 1. The number of rotatable bonds is 1. The fourth-order valence-electron chi connectivity index (χ4n) is 1.80. The van der Waals surface area contributed by atoms with Crippen molar-refractivity contribution in [2.24, 2.45) is 0 Å². The SMILES string of the molecule is Nc1cccc(-c2onc3ccc(F)cc23)c1. The van der Waals surface area contributed by atoms with Crippen LogP contribution in [0.5, 0.6) is 0 Å². The molecule has 4 heteroatoms. The number of nitrogens with zero attached hydrogens (tertiary/aromatic N) is 1. The summed E-state index contributed by atoms with van der Waals surface area (Å²) in [6.07, 6.45) is 0. The Balaban J connectivity index is 2.27. The minimum absolute atomic E-state index is 0.314. The summed E-state index contributed by atoms with van der Waals surface area (Å²) in [5, 5.41) is 4.53. The molecule has 17 heavy (non-hydrogen) atoms. The lowest BCUT2D eigenvalue weighted by atomic mass is 10.1. The molecule has 0 radical (unpaired) electrons. The molecule has 1 heterocycles. The van der Waals surface area contributed by atoms with Crippen LogP contribution < -0.4 is 5.73 Å². The van der Waals surface area contributed by atoms with Crippen LogP contribution >= 0.6 is 0 Å². The molecule has 0 saturated carbocycles. The van der Waals surface area contributed by atoms with Crippen LogP contribution in [0.4, 0.5) is 10.1 Å². The van der Waals surface area contributed by atoms with Gasteiger partial charge in [0.2, 0.25) is 0 Å². The fraction of sp³-hybridized carbons (Fsp3) is 0. The first kappa shape index (κ1) is 9.84. The molecule has 3 nitrogen and oxygen atoms in total. The molecule has 84 valence electrons. The van der Waals surface area contributed by atoms with Gasteiger partial charge in [-0.25, -0.2) is 4.39 Å². The molecule has 3 rings (SSSR count). The van der Waals surface area contributed by atoms with Crippen LogP contribution in [0.25, 0.3) is 22.2 Å². The third-order valence-electron chi connectivity index (χ3n) is 2.59. The quantitative estimate of drug-likeness (QED) is 0.650. The predicted molar refractivity (Wildman–Crippen MR) is 63.8 cm³/mol. The Hall–Kier alpha value is -2.36. The average Bonchev–Trinajstić information content (AvgIpc) is 2.71. The molecule has 2 N–H and O–H groups in total. The van der Waals surface area contributed by atoms with Crippen molar-refractivity contribution in [3.8, 4) is 11.3 Å². The van der Waals surface area contributed by atoms with Crippen LogP contribution in [-0.4, -0.2) is 5.16 Å². The smallest absolute Gasteiger partial charge is 0.174 e. The molecule has 0 fully saturated rings. The van der Waals surface area contributed by atoms with Crippen LogP contribution in [0.1, 0.15) is 0 Å². The van der Waals surface area contributed by atoms with Crippen molar-refractivity contribution in [3.63, 3.8) is 0 Å². The molecule has 2 aromatic carbocycles. The van der Waals surface area contributed by atoms with E-state index in [9.17, 15) is 4.39 Å². The van der Waals surface area contributed by atoms with Crippen molar-refractivity contribution < 1.29 is 8.91 Å². The first-order valence-corrected chi connectivity index (χ1v) is 5.15. The third-order valence-corrected chi connectivity index (χ3v) is 2.59. The van der Waals surface area contributed by atoms with Crippen LogP contribution in [0.15, 0.2) is 47.0 Å². The van der Waals surface area contributed by atoms with Gasteiger partial charge in [-0.05, 0) is 30.3 Å². The maximum absolute atomic E-state index is 13.2. The van der Waals surface area contributed by atoms with Crippen molar-refractivity contribution >= 4 is 16.6 Å². The van der Waals surface area contributed by atoms with E-state index in [4.69, 9.17) is 10.3 Å². The number of nitrogen functional groups attached to an aromatic ring is 1. The topological polar surface area (TPSA) is 52.0 Å². The van der Waals surface area contributed by atoms with Crippen molar-refractivity contribution in [2.75, 3.05) is 5.73 Å². The molecule has 0 spiro atoms. The van der Waals surface area contributed by atoms with Gasteiger partial charge in [-0.2, -0.15) is 0 Å². The number of hydrogen-bond acceptors (Lipinski definition) is 3. The van der Waals surface area contributed by atoms with Crippen LogP contribution in [-0.2, 0) is 0 Å². The molecule has 0 bridgehead atoms. The Morgan fingerprint density at radius 3 is 2.82 bits per heavy atom. The highest BCUT2D eigenvalue weighted by Crippen LogP contribution is 2.29. The van der Waals surface area contributed by atoms with E-state index in [2.05, 4.69) is 5.16 Å². The minimum Gasteiger partial charge on any atom is -0.399 e. The van der Waals surface area contributed by atoms with Gasteiger partial charge in [0.25, 0.3) is 0 Å². The second kappa shape index (κ2) is 3.59. The van der Waals surface area contributed by atoms with E-state index in [0.717, 1.165) is 5.56 Å². The summed E-state index contributed by atoms with van der Waals surface area (Å²) < 4.78 is 18.4. The number of anilines is 1. The summed E-state index contributed by atoms with van der Waals surface area (Å²) in [6, 6.07) is 11.6. The highest BCUT2D eigenvalue weighted by atomic mass is 19.1. The van der Waals surface area contributed by atoms with Crippen molar-refractivity contribution in [1.29, 1.82) is 0 Å². The van der Waals surface area contributed by atoms with E-state index in [0.29, 0.717) is 22.4 Å². The first-order valence-electron chi connectivity index (χ1n) is 5.15. The Morgan fingerprint density at radius 1 is 1.12 bits per heavy atom. The van der Waals surface area contributed by atoms with Gasteiger partial charge in [0.15, 0.2) is 5.76 Å². The van der Waals surface area contributed by atoms with E-state index in [1.54, 1.807) is 18.2 Å². The normalized spacial score (nSPS) is 10.9. The van der Waals surface area contributed by atoms with Gasteiger partial charge in [0, 0.05) is 11.3 Å². The largest absolute Gasteiger partial charge is 0.399 e. The molecule has 0 aliphatic rings. The lowest BCUT2D eigenvalue weighted by Crippen LogP contribution is -1.84. The van der Waals surface area contributed by atoms with E-state index in [1.807, 2.05) is 12.1 Å². The Morgan fingerprint density at radius 2 is 2.00 bits per heavy atom. The van der Waals surface area contributed by atoms with Gasteiger partial charge < -0.3 is 10.3 Å². The molecule has 0 saturated heterocycles. The molecule has 0 unspecified atom stereocenters. The summed E-state index contributed by atoms with van der Waals surface area (Å²) in [4.78, 5) is 0. The van der Waals surface area contributed by atoms with E-state index in [-0.39, 0.29) is 5.82 Å². The van der Waals surface area contributed by atoms with Gasteiger partial charge in [-0.3, -0.25) is 0 Å². The molecular weight excluding hydrogens is 219 g/mol. The lowest BCUT2D eigenvalue weighted by Gasteiger charge is -1.98. The summed E-state index contributed by atoms with van der Waals surface area (Å²) >= 11 is 0. The predicted octanol–water partition coefficient (Wildman–Crippen LogP) is 3.22. The highest BCUT2D eigenvalue weighted by molar-refractivity contribution is 5.91. The number of halogens is 1. The number of aromatic nitrogens is 1. The summed E-state index contributed by atoms with van der Waals surface area (Å²) in [5.74, 6) is 0.220. The van der Waals surface area contributed by atoms with E-state index in [1.165, 1.54) is 12.1 Å². The van der Waals surface area contributed by atoms with Gasteiger partial charge >= 0.3 is 0 Å². The highest BCUT2D eigenvalue weighted by Gasteiger charge is 2.11. The zero-order valence-electron chi connectivity index (χ0n) is 8.85. The van der Waals surface area contributed by atoms with E-state index >= 15 is 0 Å². The van der Waals surface area contributed by atoms with Crippen molar-refractivity contribution in [2.45, 2.75) is 0 Å². The Bertz CT molecular complexity index is 691. The second-order valence-corrected chi connectivity index (χ2v) is 3.80. The number of nitrogens with two attached hydrogens (primary N) is 1. The van der Waals surface area contributed by atoms with Crippen LogP contribution in [0.3, 0.4) is 0 Å². The average molecular weight is 228 g/mol. The molecule has 3 aromatic rings. The zero-order chi connectivity index (χ0) is 11.8. The summed E-state index contributed by atoms with van der Waals surface area (Å²) in [7, 11) is 0. The molecule has 1 aromatic heterocycles. The summed E-state index contributed by atoms with van der Waals surface area (Å²) in [5.41, 5.74) is 7.75. The summed E-state index contributed by atoms with van der Waals surface area (Å²) in [6.45, 7) is 0. The molecular formula is C13H9FN2O. The molecule has 0 atom stereocenters.